The summed E-state index contributed by atoms with van der Waals surface area (Å²) < 4.78 is 32.5. The molecule has 0 spiro atoms. The van der Waals surface area contributed by atoms with E-state index in [4.69, 9.17) is 4.74 Å². The maximum absolute atomic E-state index is 13.0. The molecule has 0 heterocycles. The van der Waals surface area contributed by atoms with E-state index in [1.54, 1.807) is 24.3 Å². The van der Waals surface area contributed by atoms with Crippen LogP contribution in [0.4, 0.5) is 5.69 Å². The molecule has 0 aliphatic carbocycles. The van der Waals surface area contributed by atoms with Crippen LogP contribution in [0.2, 0.25) is 0 Å². The molecule has 7 heteroatoms. The molecule has 0 radical (unpaired) electrons. The van der Waals surface area contributed by atoms with Crippen LogP contribution in [0.5, 0.6) is 5.75 Å². The summed E-state index contributed by atoms with van der Waals surface area (Å²) in [4.78, 5) is 12.5. The Kier molecular flexibility index (Phi) is 6.97. The highest BCUT2D eigenvalue weighted by molar-refractivity contribution is 7.92. The lowest BCUT2D eigenvalue weighted by molar-refractivity contribution is 0.0954. The number of ether oxygens (including phenoxy) is 1. The van der Waals surface area contributed by atoms with E-state index in [9.17, 15) is 13.2 Å². The first-order chi connectivity index (χ1) is 14.8. The predicted octanol–water partition coefficient (Wildman–Crippen LogP) is 3.80. The van der Waals surface area contributed by atoms with Crippen molar-refractivity contribution >= 4 is 21.6 Å². The van der Waals surface area contributed by atoms with Gasteiger partial charge in [0, 0.05) is 19.2 Å². The zero-order valence-corrected chi connectivity index (χ0v) is 18.6. The van der Waals surface area contributed by atoms with Crippen molar-refractivity contribution in [3.63, 3.8) is 0 Å². The molecule has 0 aliphatic heterocycles. The Hall–Kier alpha value is -3.32. The average molecular weight is 439 g/mol. The molecular formula is C24H26N2O4S. The van der Waals surface area contributed by atoms with E-state index >= 15 is 0 Å². The second kappa shape index (κ2) is 9.66. The van der Waals surface area contributed by atoms with Gasteiger partial charge in [0.2, 0.25) is 0 Å². The van der Waals surface area contributed by atoms with Crippen molar-refractivity contribution in [3.05, 3.63) is 89.5 Å². The number of hydrogen-bond acceptors (Lipinski definition) is 4. The fourth-order valence-corrected chi connectivity index (χ4v) is 4.47. The van der Waals surface area contributed by atoms with Crippen molar-refractivity contribution in [3.8, 4) is 5.75 Å². The molecule has 31 heavy (non-hydrogen) atoms. The molecule has 3 rings (SSSR count). The first kappa shape index (κ1) is 22.4. The number of rotatable bonds is 8. The van der Waals surface area contributed by atoms with Crippen molar-refractivity contribution in [1.29, 1.82) is 0 Å². The van der Waals surface area contributed by atoms with Crippen LogP contribution in [0, 0.1) is 6.92 Å². The number of para-hydroxylation sites is 2. The van der Waals surface area contributed by atoms with Gasteiger partial charge in [0.25, 0.3) is 15.9 Å². The van der Waals surface area contributed by atoms with Gasteiger partial charge in [-0.25, -0.2) is 8.42 Å². The smallest absolute Gasteiger partial charge is 0.264 e. The second-order valence-corrected chi connectivity index (χ2v) is 9.07. The van der Waals surface area contributed by atoms with Gasteiger partial charge >= 0.3 is 0 Å². The van der Waals surface area contributed by atoms with E-state index < -0.39 is 10.0 Å². The standard InChI is InChI=1S/C24H26N2O4S/c1-18-8-4-5-9-19(18)16-17-25-24(27)20-12-14-21(15-13-20)31(28,29)26(2)22-10-6-7-11-23(22)30-3/h4-15H,16-17H2,1-3H3,(H,25,27). The molecule has 3 aromatic rings. The van der Waals surface area contributed by atoms with Crippen LogP contribution in [0.25, 0.3) is 0 Å². The van der Waals surface area contributed by atoms with Crippen LogP contribution >= 0.6 is 0 Å². The Morgan fingerprint density at radius 1 is 0.968 bits per heavy atom. The quantitative estimate of drug-likeness (QED) is 0.580. The molecule has 6 nitrogen and oxygen atoms in total. The lowest BCUT2D eigenvalue weighted by atomic mass is 10.1. The van der Waals surface area contributed by atoms with E-state index in [1.165, 1.54) is 53.9 Å². The molecule has 0 aromatic heterocycles. The summed E-state index contributed by atoms with van der Waals surface area (Å²) in [5, 5.41) is 2.88. The molecule has 0 fully saturated rings. The molecule has 0 saturated carbocycles. The van der Waals surface area contributed by atoms with Crippen LogP contribution in [0.1, 0.15) is 21.5 Å². The van der Waals surface area contributed by atoms with Crippen LogP contribution in [-0.2, 0) is 16.4 Å². The van der Waals surface area contributed by atoms with Crippen molar-refractivity contribution in [1.82, 2.24) is 5.32 Å². The SMILES string of the molecule is COc1ccccc1N(C)S(=O)(=O)c1ccc(C(=O)NCCc2ccccc2C)cc1. The summed E-state index contributed by atoms with van der Waals surface area (Å²) in [5.41, 5.74) is 3.21. The summed E-state index contributed by atoms with van der Waals surface area (Å²) in [6.45, 7) is 2.54. The average Bonchev–Trinajstić information content (AvgIpc) is 2.79. The van der Waals surface area contributed by atoms with Gasteiger partial charge in [-0.2, -0.15) is 0 Å². The Balaban J connectivity index is 1.68. The minimum atomic E-state index is -3.80. The topological polar surface area (TPSA) is 75.7 Å². The zero-order chi connectivity index (χ0) is 22.4. The first-order valence-corrected chi connectivity index (χ1v) is 11.3. The second-order valence-electron chi connectivity index (χ2n) is 7.10. The highest BCUT2D eigenvalue weighted by atomic mass is 32.2. The molecule has 3 aromatic carbocycles. The first-order valence-electron chi connectivity index (χ1n) is 9.89. The van der Waals surface area contributed by atoms with E-state index in [0.29, 0.717) is 23.5 Å². The van der Waals surface area contributed by atoms with Crippen LogP contribution in [-0.4, -0.2) is 35.0 Å². The predicted molar refractivity (Wildman–Crippen MR) is 122 cm³/mol. The minimum absolute atomic E-state index is 0.0948. The maximum atomic E-state index is 13.0. The fraction of sp³-hybridized carbons (Fsp3) is 0.208. The van der Waals surface area contributed by atoms with Gasteiger partial charge in [0.1, 0.15) is 5.75 Å². The summed E-state index contributed by atoms with van der Waals surface area (Å²) in [6.07, 6.45) is 0.731. The molecule has 0 saturated heterocycles. The lowest BCUT2D eigenvalue weighted by Crippen LogP contribution is -2.28. The summed E-state index contributed by atoms with van der Waals surface area (Å²) in [5.74, 6) is 0.217. The van der Waals surface area contributed by atoms with Crippen LogP contribution in [0.3, 0.4) is 0 Å². The normalized spacial score (nSPS) is 11.1. The van der Waals surface area contributed by atoms with E-state index in [0.717, 1.165) is 6.42 Å². The molecule has 1 amide bonds. The number of benzene rings is 3. The Morgan fingerprint density at radius 2 is 1.61 bits per heavy atom. The molecule has 0 unspecified atom stereocenters. The van der Waals surface area contributed by atoms with Crippen molar-refractivity contribution in [2.75, 3.05) is 25.0 Å². The molecule has 1 N–H and O–H groups in total. The molecule has 0 bridgehead atoms. The largest absolute Gasteiger partial charge is 0.495 e. The van der Waals surface area contributed by atoms with Crippen molar-refractivity contribution in [2.45, 2.75) is 18.2 Å². The van der Waals surface area contributed by atoms with E-state index in [1.807, 2.05) is 31.2 Å². The van der Waals surface area contributed by atoms with Crippen molar-refractivity contribution in [2.24, 2.45) is 0 Å². The van der Waals surface area contributed by atoms with Gasteiger partial charge in [0.05, 0.1) is 17.7 Å². The number of carbonyl (C=O) groups is 1. The fourth-order valence-electron chi connectivity index (χ4n) is 3.26. The lowest BCUT2D eigenvalue weighted by Gasteiger charge is -2.21. The highest BCUT2D eigenvalue weighted by Crippen LogP contribution is 2.30. The van der Waals surface area contributed by atoms with Gasteiger partial charge in [-0.15, -0.1) is 0 Å². The molecule has 0 aliphatic rings. The number of aryl methyl sites for hydroxylation is 1. The number of nitrogens with zero attached hydrogens (tertiary/aromatic N) is 1. The summed E-state index contributed by atoms with van der Waals surface area (Å²) in [7, 11) is -0.840. The summed E-state index contributed by atoms with van der Waals surface area (Å²) in [6, 6.07) is 20.9. The number of anilines is 1. The Labute approximate surface area is 183 Å². The third-order valence-electron chi connectivity index (χ3n) is 5.14. The Bertz CT molecular complexity index is 1160. The van der Waals surface area contributed by atoms with Crippen molar-refractivity contribution < 1.29 is 17.9 Å². The zero-order valence-electron chi connectivity index (χ0n) is 17.8. The number of amides is 1. The van der Waals surface area contributed by atoms with E-state index in [-0.39, 0.29) is 10.8 Å². The molecule has 0 atom stereocenters. The Morgan fingerprint density at radius 3 is 2.29 bits per heavy atom. The van der Waals surface area contributed by atoms with Gasteiger partial charge in [-0.1, -0.05) is 36.4 Å². The van der Waals surface area contributed by atoms with Gasteiger partial charge in [0.15, 0.2) is 0 Å². The monoisotopic (exact) mass is 438 g/mol. The highest BCUT2D eigenvalue weighted by Gasteiger charge is 2.23. The summed E-state index contributed by atoms with van der Waals surface area (Å²) >= 11 is 0. The van der Waals surface area contributed by atoms with Gasteiger partial charge < -0.3 is 10.1 Å². The van der Waals surface area contributed by atoms with E-state index in [2.05, 4.69) is 5.32 Å². The van der Waals surface area contributed by atoms with Crippen LogP contribution in [0.15, 0.2) is 77.7 Å². The number of methoxy groups -OCH3 is 1. The molecule has 162 valence electrons. The number of nitrogens with one attached hydrogen (secondary N) is 1. The third kappa shape index (κ3) is 5.06. The third-order valence-corrected chi connectivity index (χ3v) is 6.93. The van der Waals surface area contributed by atoms with Gasteiger partial charge in [-0.05, 0) is 60.9 Å². The number of carbonyl (C=O) groups excluding carboxylic acids is 1. The minimum Gasteiger partial charge on any atom is -0.495 e. The van der Waals surface area contributed by atoms with Crippen LogP contribution < -0.4 is 14.4 Å². The number of sulfonamides is 1. The van der Waals surface area contributed by atoms with Gasteiger partial charge in [-0.3, -0.25) is 9.10 Å². The molecular weight excluding hydrogens is 412 g/mol. The maximum Gasteiger partial charge on any atom is 0.264 e. The number of hydrogen-bond donors (Lipinski definition) is 1.